The van der Waals surface area contributed by atoms with Crippen LogP contribution in [0.3, 0.4) is 0 Å². The maximum absolute atomic E-state index is 6.22. The van der Waals surface area contributed by atoms with Crippen LogP contribution in [0.2, 0.25) is 5.02 Å². The molecule has 1 aromatic carbocycles. The van der Waals surface area contributed by atoms with Crippen molar-refractivity contribution in [1.29, 1.82) is 0 Å². The van der Waals surface area contributed by atoms with Crippen LogP contribution in [0.5, 0.6) is 0 Å². The Morgan fingerprint density at radius 2 is 1.52 bits per heavy atom. The summed E-state index contributed by atoms with van der Waals surface area (Å²) in [5, 5.41) is 0.788. The number of nitrogens with zero attached hydrogens (tertiary/aromatic N) is 1. The number of hydrogen-bond acceptors (Lipinski definition) is 2. The van der Waals surface area contributed by atoms with Gasteiger partial charge in [0.15, 0.2) is 0 Å². The fourth-order valence-corrected chi connectivity index (χ4v) is 3.39. The van der Waals surface area contributed by atoms with Crippen LogP contribution in [-0.4, -0.2) is 24.0 Å². The first-order valence-corrected chi connectivity index (χ1v) is 8.32. The summed E-state index contributed by atoms with van der Waals surface area (Å²) in [5.74, 6) is 1.28. The van der Waals surface area contributed by atoms with Gasteiger partial charge in [-0.05, 0) is 49.4 Å². The summed E-state index contributed by atoms with van der Waals surface area (Å²) in [6.07, 6.45) is 2.26. The molecular formula is C18H31ClN2. The van der Waals surface area contributed by atoms with Gasteiger partial charge in [-0.1, -0.05) is 51.4 Å². The molecule has 0 aliphatic heterocycles. The molecule has 21 heavy (non-hydrogen) atoms. The summed E-state index contributed by atoms with van der Waals surface area (Å²) in [4.78, 5) is 2.44. The summed E-state index contributed by atoms with van der Waals surface area (Å²) in [5.41, 5.74) is 7.58. The lowest BCUT2D eigenvalue weighted by molar-refractivity contribution is 0.0714. The molecule has 0 unspecified atom stereocenters. The van der Waals surface area contributed by atoms with Crippen molar-refractivity contribution < 1.29 is 0 Å². The minimum absolute atomic E-state index is 0.0714. The van der Waals surface area contributed by atoms with Crippen LogP contribution in [0.4, 0.5) is 0 Å². The van der Waals surface area contributed by atoms with Crippen LogP contribution in [0, 0.1) is 11.8 Å². The van der Waals surface area contributed by atoms with E-state index < -0.39 is 0 Å². The van der Waals surface area contributed by atoms with E-state index in [4.69, 9.17) is 17.3 Å². The van der Waals surface area contributed by atoms with Crippen molar-refractivity contribution in [2.45, 2.75) is 52.6 Å². The first-order valence-electron chi connectivity index (χ1n) is 7.95. The molecule has 0 amide bonds. The maximum Gasteiger partial charge on any atom is 0.0406 e. The lowest BCUT2D eigenvalue weighted by Gasteiger charge is -2.44. The number of nitrogens with two attached hydrogens (primary N) is 1. The molecule has 0 atom stereocenters. The molecule has 0 bridgehead atoms. The van der Waals surface area contributed by atoms with Crippen molar-refractivity contribution >= 4 is 11.6 Å². The van der Waals surface area contributed by atoms with E-state index in [9.17, 15) is 0 Å². The van der Waals surface area contributed by atoms with Crippen molar-refractivity contribution in [2.75, 3.05) is 13.6 Å². The highest BCUT2D eigenvalue weighted by Crippen LogP contribution is 2.31. The summed E-state index contributed by atoms with van der Waals surface area (Å²) < 4.78 is 0. The van der Waals surface area contributed by atoms with E-state index in [0.29, 0.717) is 18.4 Å². The van der Waals surface area contributed by atoms with Crippen LogP contribution >= 0.6 is 11.6 Å². The second-order valence-corrected chi connectivity index (χ2v) is 7.54. The van der Waals surface area contributed by atoms with E-state index >= 15 is 0 Å². The fraction of sp³-hybridized carbons (Fsp3) is 0.667. The summed E-state index contributed by atoms with van der Waals surface area (Å²) in [6.45, 7) is 10.7. The van der Waals surface area contributed by atoms with E-state index in [1.165, 1.54) is 5.56 Å². The molecular weight excluding hydrogens is 280 g/mol. The molecule has 1 aromatic rings. The Balaban J connectivity index is 2.92. The van der Waals surface area contributed by atoms with E-state index in [0.717, 1.165) is 24.4 Å². The van der Waals surface area contributed by atoms with Crippen LogP contribution in [0.25, 0.3) is 0 Å². The van der Waals surface area contributed by atoms with Crippen LogP contribution in [0.1, 0.15) is 46.1 Å². The van der Waals surface area contributed by atoms with Gasteiger partial charge in [0.1, 0.15) is 0 Å². The van der Waals surface area contributed by atoms with Crippen LogP contribution < -0.4 is 5.73 Å². The third-order valence-electron chi connectivity index (χ3n) is 4.10. The molecule has 3 heteroatoms. The van der Waals surface area contributed by atoms with Gasteiger partial charge >= 0.3 is 0 Å². The monoisotopic (exact) mass is 310 g/mol. The Kier molecular flexibility index (Phi) is 7.19. The maximum atomic E-state index is 6.22. The molecule has 0 aromatic heterocycles. The van der Waals surface area contributed by atoms with Gasteiger partial charge in [0.25, 0.3) is 0 Å². The predicted octanol–water partition coefficient (Wildman–Crippen LogP) is 4.56. The smallest absolute Gasteiger partial charge is 0.0406 e. The highest BCUT2D eigenvalue weighted by molar-refractivity contribution is 6.30. The molecule has 0 saturated heterocycles. The van der Waals surface area contributed by atoms with Crippen molar-refractivity contribution in [3.05, 3.63) is 34.9 Å². The van der Waals surface area contributed by atoms with Crippen molar-refractivity contribution in [2.24, 2.45) is 17.6 Å². The molecule has 0 aliphatic carbocycles. The summed E-state index contributed by atoms with van der Waals surface area (Å²) in [6, 6.07) is 8.12. The lowest BCUT2D eigenvalue weighted by Crippen LogP contribution is -2.53. The number of halogens is 1. The number of likely N-dealkylation sites (N-methyl/N-ethyl adjacent to an activating group) is 1. The van der Waals surface area contributed by atoms with Crippen molar-refractivity contribution in [3.8, 4) is 0 Å². The molecule has 2 N–H and O–H groups in total. The van der Waals surface area contributed by atoms with Gasteiger partial charge in [-0.2, -0.15) is 0 Å². The van der Waals surface area contributed by atoms with Gasteiger partial charge in [-0.25, -0.2) is 0 Å². The first-order chi connectivity index (χ1) is 9.79. The summed E-state index contributed by atoms with van der Waals surface area (Å²) >= 11 is 5.97. The average molecular weight is 311 g/mol. The Morgan fingerprint density at radius 3 is 1.90 bits per heavy atom. The Labute approximate surface area is 135 Å². The second-order valence-electron chi connectivity index (χ2n) is 7.11. The molecule has 1 rings (SSSR count). The third-order valence-corrected chi connectivity index (χ3v) is 4.35. The summed E-state index contributed by atoms with van der Waals surface area (Å²) in [7, 11) is 2.20. The SMILES string of the molecule is CC(C)CC(CN)(CC(C)C)N(C)Cc1ccc(Cl)cc1. The van der Waals surface area contributed by atoms with Crippen LogP contribution in [-0.2, 0) is 6.54 Å². The quantitative estimate of drug-likeness (QED) is 0.762. The van der Waals surface area contributed by atoms with E-state index in [1.807, 2.05) is 12.1 Å². The molecule has 0 spiro atoms. The normalized spacial score (nSPS) is 12.7. The fourth-order valence-electron chi connectivity index (χ4n) is 3.27. The molecule has 0 fully saturated rings. The molecule has 2 nitrogen and oxygen atoms in total. The largest absolute Gasteiger partial charge is 0.329 e. The van der Waals surface area contributed by atoms with E-state index in [1.54, 1.807) is 0 Å². The molecule has 0 radical (unpaired) electrons. The number of benzene rings is 1. The van der Waals surface area contributed by atoms with Gasteiger partial charge in [0.05, 0.1) is 0 Å². The average Bonchev–Trinajstić information content (AvgIpc) is 2.39. The third kappa shape index (κ3) is 5.61. The predicted molar refractivity (Wildman–Crippen MR) is 93.6 cm³/mol. The lowest BCUT2D eigenvalue weighted by atomic mass is 9.80. The van der Waals surface area contributed by atoms with Crippen LogP contribution in [0.15, 0.2) is 24.3 Å². The molecule has 0 saturated carbocycles. The Morgan fingerprint density at radius 1 is 1.05 bits per heavy atom. The first kappa shape index (κ1) is 18.5. The van der Waals surface area contributed by atoms with E-state index in [-0.39, 0.29) is 5.54 Å². The Bertz CT molecular complexity index is 402. The zero-order valence-electron chi connectivity index (χ0n) is 14.2. The Hall–Kier alpha value is -0.570. The van der Waals surface area contributed by atoms with Gasteiger partial charge in [-0.15, -0.1) is 0 Å². The highest BCUT2D eigenvalue weighted by atomic mass is 35.5. The van der Waals surface area contributed by atoms with Gasteiger partial charge in [0.2, 0.25) is 0 Å². The zero-order valence-corrected chi connectivity index (χ0v) is 15.0. The number of hydrogen-bond donors (Lipinski definition) is 1. The van der Waals surface area contributed by atoms with Crippen molar-refractivity contribution in [3.63, 3.8) is 0 Å². The second kappa shape index (κ2) is 8.17. The molecule has 0 heterocycles. The molecule has 0 aliphatic rings. The van der Waals surface area contributed by atoms with E-state index in [2.05, 4.69) is 51.8 Å². The minimum Gasteiger partial charge on any atom is -0.329 e. The molecule has 120 valence electrons. The minimum atomic E-state index is 0.0714. The zero-order chi connectivity index (χ0) is 16.0. The topological polar surface area (TPSA) is 29.3 Å². The van der Waals surface area contributed by atoms with Gasteiger partial charge in [0, 0.05) is 23.7 Å². The van der Waals surface area contributed by atoms with Crippen molar-refractivity contribution in [1.82, 2.24) is 4.90 Å². The number of rotatable bonds is 8. The van der Waals surface area contributed by atoms with Gasteiger partial charge in [-0.3, -0.25) is 4.90 Å². The standard InChI is InChI=1S/C18H31ClN2/c1-14(2)10-18(13-20,11-15(3)4)21(5)12-16-6-8-17(19)9-7-16/h6-9,14-15H,10-13,20H2,1-5H3. The highest BCUT2D eigenvalue weighted by Gasteiger charge is 2.34. The van der Waals surface area contributed by atoms with Gasteiger partial charge < -0.3 is 5.73 Å².